The number of hydrogen-bond donors (Lipinski definition) is 0. The van der Waals surface area contributed by atoms with Gasteiger partial charge in [-0.1, -0.05) is 30.3 Å². The van der Waals surface area contributed by atoms with E-state index in [1.54, 1.807) is 6.07 Å². The van der Waals surface area contributed by atoms with Crippen LogP contribution >= 0.6 is 0 Å². The first-order valence-corrected chi connectivity index (χ1v) is 5.20. The molecule has 4 heteroatoms. The molecule has 0 bridgehead atoms. The van der Waals surface area contributed by atoms with Crippen molar-refractivity contribution in [2.24, 2.45) is 0 Å². The van der Waals surface area contributed by atoms with Gasteiger partial charge in [0.25, 0.3) is 0 Å². The number of carbonyl (C=O) groups is 1. The molecule has 86 valence electrons. The van der Waals surface area contributed by atoms with Crippen molar-refractivity contribution in [2.45, 2.75) is 6.92 Å². The van der Waals surface area contributed by atoms with E-state index in [9.17, 15) is 4.79 Å². The molecule has 0 saturated carbocycles. The molecule has 0 aliphatic carbocycles. The first kappa shape index (κ1) is 11.3. The Labute approximate surface area is 99.3 Å². The highest BCUT2D eigenvalue weighted by Crippen LogP contribution is 2.15. The maximum atomic E-state index is 11.4. The zero-order chi connectivity index (χ0) is 12.3. The summed E-state index contributed by atoms with van der Waals surface area (Å²) in [7, 11) is 1.34. The van der Waals surface area contributed by atoms with Gasteiger partial charge in [-0.05, 0) is 13.0 Å². The number of hydrogen-bond acceptors (Lipinski definition) is 4. The topological polar surface area (TPSA) is 52.1 Å². The summed E-state index contributed by atoms with van der Waals surface area (Å²) >= 11 is 0. The molecule has 0 atom stereocenters. The molecule has 2 aromatic rings. The summed E-state index contributed by atoms with van der Waals surface area (Å²) in [5.74, 6) is 0.0821. The predicted molar refractivity (Wildman–Crippen MR) is 63.5 cm³/mol. The molecule has 1 heterocycles. The third-order valence-electron chi connectivity index (χ3n) is 2.28. The highest BCUT2D eigenvalue weighted by Gasteiger charge is 2.11. The minimum atomic E-state index is -0.451. The summed E-state index contributed by atoms with van der Waals surface area (Å²) in [6.07, 6.45) is 0. The van der Waals surface area contributed by atoms with Gasteiger partial charge in [0.1, 0.15) is 0 Å². The molecule has 1 aromatic heterocycles. The van der Waals surface area contributed by atoms with Crippen LogP contribution in [-0.4, -0.2) is 23.0 Å². The number of methoxy groups -OCH3 is 1. The number of carbonyl (C=O) groups excluding carboxylic acids is 1. The van der Waals surface area contributed by atoms with Gasteiger partial charge in [-0.15, -0.1) is 0 Å². The van der Waals surface area contributed by atoms with Crippen LogP contribution in [0.1, 0.15) is 16.2 Å². The van der Waals surface area contributed by atoms with Gasteiger partial charge in [-0.3, -0.25) is 0 Å². The van der Waals surface area contributed by atoms with E-state index in [-0.39, 0.29) is 5.69 Å². The molecule has 0 aliphatic rings. The van der Waals surface area contributed by atoms with E-state index in [4.69, 9.17) is 0 Å². The fourth-order valence-electron chi connectivity index (χ4n) is 1.49. The van der Waals surface area contributed by atoms with Crippen LogP contribution in [0.4, 0.5) is 0 Å². The van der Waals surface area contributed by atoms with Crippen molar-refractivity contribution in [3.63, 3.8) is 0 Å². The van der Waals surface area contributed by atoms with Gasteiger partial charge in [-0.25, -0.2) is 14.8 Å². The highest BCUT2D eigenvalue weighted by molar-refractivity contribution is 5.87. The van der Waals surface area contributed by atoms with Crippen molar-refractivity contribution in [1.82, 2.24) is 9.97 Å². The Morgan fingerprint density at radius 3 is 2.53 bits per heavy atom. The molecule has 0 aliphatic heterocycles. The zero-order valence-electron chi connectivity index (χ0n) is 9.68. The quantitative estimate of drug-likeness (QED) is 0.740. The van der Waals surface area contributed by atoms with Gasteiger partial charge in [0, 0.05) is 11.3 Å². The second kappa shape index (κ2) is 4.74. The van der Waals surface area contributed by atoms with Gasteiger partial charge in [-0.2, -0.15) is 0 Å². The summed E-state index contributed by atoms with van der Waals surface area (Å²) in [5, 5.41) is 0. The van der Waals surface area contributed by atoms with Gasteiger partial charge < -0.3 is 4.74 Å². The van der Waals surface area contributed by atoms with Crippen molar-refractivity contribution in [1.29, 1.82) is 0 Å². The lowest BCUT2D eigenvalue weighted by atomic mass is 10.2. The Bertz CT molecular complexity index is 538. The van der Waals surface area contributed by atoms with Crippen LogP contribution in [0, 0.1) is 6.92 Å². The number of esters is 1. The van der Waals surface area contributed by atoms with Crippen molar-refractivity contribution in [2.75, 3.05) is 7.11 Å². The van der Waals surface area contributed by atoms with Crippen LogP contribution in [0.15, 0.2) is 36.4 Å². The fraction of sp³-hybridized carbons (Fsp3) is 0.154. The number of nitrogens with zero attached hydrogens (tertiary/aromatic N) is 2. The van der Waals surface area contributed by atoms with Crippen LogP contribution in [0.25, 0.3) is 11.4 Å². The Hall–Kier alpha value is -2.23. The Morgan fingerprint density at radius 2 is 1.88 bits per heavy atom. The third kappa shape index (κ3) is 2.47. The van der Waals surface area contributed by atoms with Crippen LogP contribution in [-0.2, 0) is 4.74 Å². The summed E-state index contributed by atoms with van der Waals surface area (Å²) in [6.45, 7) is 1.82. The van der Waals surface area contributed by atoms with Crippen molar-refractivity contribution in [3.8, 4) is 11.4 Å². The van der Waals surface area contributed by atoms with E-state index < -0.39 is 5.97 Å². The summed E-state index contributed by atoms with van der Waals surface area (Å²) in [6, 6.07) is 11.1. The van der Waals surface area contributed by atoms with Crippen molar-refractivity contribution >= 4 is 5.97 Å². The normalized spacial score (nSPS) is 10.0. The maximum absolute atomic E-state index is 11.4. The number of rotatable bonds is 2. The standard InChI is InChI=1S/C13H12N2O2/c1-9-8-11(13(16)17-2)15-12(14-9)10-6-4-3-5-7-10/h3-8H,1-2H3. The highest BCUT2D eigenvalue weighted by atomic mass is 16.5. The van der Waals surface area contributed by atoms with E-state index in [0.717, 1.165) is 11.3 Å². The van der Waals surface area contributed by atoms with Crippen LogP contribution in [0.3, 0.4) is 0 Å². The van der Waals surface area contributed by atoms with Crippen LogP contribution < -0.4 is 0 Å². The van der Waals surface area contributed by atoms with E-state index in [0.29, 0.717) is 5.82 Å². The minimum absolute atomic E-state index is 0.277. The molecule has 0 spiro atoms. The van der Waals surface area contributed by atoms with Gasteiger partial charge in [0.05, 0.1) is 7.11 Å². The summed E-state index contributed by atoms with van der Waals surface area (Å²) < 4.78 is 4.65. The largest absolute Gasteiger partial charge is 0.464 e. The molecule has 1 aromatic carbocycles. The monoisotopic (exact) mass is 228 g/mol. The Kier molecular flexibility index (Phi) is 3.14. The number of ether oxygens (including phenoxy) is 1. The average molecular weight is 228 g/mol. The molecule has 17 heavy (non-hydrogen) atoms. The zero-order valence-corrected chi connectivity index (χ0v) is 9.68. The van der Waals surface area contributed by atoms with Crippen molar-refractivity contribution < 1.29 is 9.53 Å². The minimum Gasteiger partial charge on any atom is -0.464 e. The third-order valence-corrected chi connectivity index (χ3v) is 2.28. The smallest absolute Gasteiger partial charge is 0.356 e. The van der Waals surface area contributed by atoms with E-state index in [2.05, 4.69) is 14.7 Å². The molecule has 0 saturated heterocycles. The predicted octanol–water partition coefficient (Wildman–Crippen LogP) is 2.24. The Morgan fingerprint density at radius 1 is 1.18 bits per heavy atom. The molecule has 4 nitrogen and oxygen atoms in total. The SMILES string of the molecule is COC(=O)c1cc(C)nc(-c2ccccc2)n1. The first-order chi connectivity index (χ1) is 8.20. The van der Waals surface area contributed by atoms with Gasteiger partial charge >= 0.3 is 5.97 Å². The molecule has 0 amide bonds. The molecular weight excluding hydrogens is 216 g/mol. The first-order valence-electron chi connectivity index (χ1n) is 5.20. The lowest BCUT2D eigenvalue weighted by molar-refractivity contribution is 0.0594. The summed E-state index contributed by atoms with van der Waals surface area (Å²) in [5.41, 5.74) is 1.89. The number of aromatic nitrogens is 2. The van der Waals surface area contributed by atoms with Crippen molar-refractivity contribution in [3.05, 3.63) is 47.8 Å². The van der Waals surface area contributed by atoms with E-state index in [1.807, 2.05) is 37.3 Å². The second-order valence-electron chi connectivity index (χ2n) is 3.58. The van der Waals surface area contributed by atoms with Crippen LogP contribution in [0.5, 0.6) is 0 Å². The lowest BCUT2D eigenvalue weighted by Crippen LogP contribution is -2.07. The Balaban J connectivity index is 2.49. The summed E-state index contributed by atoms with van der Waals surface area (Å²) in [4.78, 5) is 19.9. The van der Waals surface area contributed by atoms with Gasteiger partial charge in [0.2, 0.25) is 0 Å². The number of aryl methyl sites for hydroxylation is 1. The van der Waals surface area contributed by atoms with Gasteiger partial charge in [0.15, 0.2) is 11.5 Å². The fourth-order valence-corrected chi connectivity index (χ4v) is 1.49. The van der Waals surface area contributed by atoms with E-state index >= 15 is 0 Å². The maximum Gasteiger partial charge on any atom is 0.356 e. The number of benzene rings is 1. The molecule has 2 rings (SSSR count). The molecule has 0 N–H and O–H groups in total. The average Bonchev–Trinajstić information content (AvgIpc) is 2.38. The molecular formula is C13H12N2O2. The molecule has 0 fully saturated rings. The molecule has 0 unspecified atom stereocenters. The van der Waals surface area contributed by atoms with Crippen LogP contribution in [0.2, 0.25) is 0 Å². The second-order valence-corrected chi connectivity index (χ2v) is 3.58. The van der Waals surface area contributed by atoms with E-state index in [1.165, 1.54) is 7.11 Å². The lowest BCUT2D eigenvalue weighted by Gasteiger charge is -2.04. The molecule has 0 radical (unpaired) electrons.